The molecule has 1 aromatic heterocycles. The molecule has 4 rings (SSSR count). The van der Waals surface area contributed by atoms with E-state index < -0.39 is 12.0 Å². The third-order valence-electron chi connectivity index (χ3n) is 5.40. The Morgan fingerprint density at radius 2 is 1.90 bits per heavy atom. The first-order chi connectivity index (χ1) is 14.5. The van der Waals surface area contributed by atoms with Crippen LogP contribution < -0.4 is 4.74 Å². The predicted molar refractivity (Wildman–Crippen MR) is 104 cm³/mol. The molecule has 1 atom stereocenters. The molecule has 6 nitrogen and oxygen atoms in total. The number of aromatic nitrogens is 4. The van der Waals surface area contributed by atoms with Crippen LogP contribution in [0.25, 0.3) is 5.69 Å². The lowest BCUT2D eigenvalue weighted by Crippen LogP contribution is -2.33. The Balaban J connectivity index is 1.67. The van der Waals surface area contributed by atoms with Gasteiger partial charge in [-0.15, -0.1) is 5.10 Å². The maximum absolute atomic E-state index is 13.2. The van der Waals surface area contributed by atoms with Gasteiger partial charge in [-0.05, 0) is 53.6 Å². The minimum absolute atomic E-state index is 0.247. The second kappa shape index (κ2) is 8.43. The summed E-state index contributed by atoms with van der Waals surface area (Å²) >= 11 is 0. The van der Waals surface area contributed by atoms with Gasteiger partial charge in [-0.3, -0.25) is 4.90 Å². The molecule has 0 spiro atoms. The SMILES string of the molecule is COc1ccc(-n2nnnc2C(F)(F)F)cc1CN1CCCC[C@H]1c1ccccc1. The highest BCUT2D eigenvalue weighted by molar-refractivity contribution is 5.44. The number of methoxy groups -OCH3 is 1. The maximum atomic E-state index is 13.2. The second-order valence-corrected chi connectivity index (χ2v) is 7.30. The van der Waals surface area contributed by atoms with Crippen LogP contribution in [-0.2, 0) is 12.7 Å². The molecule has 0 amide bonds. The second-order valence-electron chi connectivity index (χ2n) is 7.30. The topological polar surface area (TPSA) is 56.1 Å². The van der Waals surface area contributed by atoms with Gasteiger partial charge in [0.25, 0.3) is 5.82 Å². The summed E-state index contributed by atoms with van der Waals surface area (Å²) < 4.78 is 45.9. The monoisotopic (exact) mass is 417 g/mol. The summed E-state index contributed by atoms with van der Waals surface area (Å²) in [6.45, 7) is 1.46. The zero-order chi connectivity index (χ0) is 21.1. The summed E-state index contributed by atoms with van der Waals surface area (Å²) in [6, 6.07) is 15.4. The summed E-state index contributed by atoms with van der Waals surface area (Å²) in [4.78, 5) is 2.35. The number of likely N-dealkylation sites (tertiary alicyclic amines) is 1. The molecule has 9 heteroatoms. The molecule has 158 valence electrons. The molecule has 1 aliphatic heterocycles. The standard InChI is InChI=1S/C21H22F3N5O/c1-30-19-11-10-17(29-20(21(22,23)24)25-26-27-29)13-16(19)14-28-12-6-5-9-18(28)15-7-3-2-4-8-15/h2-4,7-8,10-11,13,18H,5-6,9,12,14H2,1H3/t18-/m0/s1. The van der Waals surface area contributed by atoms with Crippen molar-refractivity contribution >= 4 is 0 Å². The highest BCUT2D eigenvalue weighted by Crippen LogP contribution is 2.35. The van der Waals surface area contributed by atoms with Gasteiger partial charge in [-0.2, -0.15) is 17.9 Å². The number of ether oxygens (including phenoxy) is 1. The van der Waals surface area contributed by atoms with Crippen LogP contribution in [0.2, 0.25) is 0 Å². The van der Waals surface area contributed by atoms with E-state index in [4.69, 9.17) is 4.74 Å². The summed E-state index contributed by atoms with van der Waals surface area (Å²) in [6.07, 6.45) is -1.38. The molecule has 0 saturated carbocycles. The largest absolute Gasteiger partial charge is 0.496 e. The molecule has 1 fully saturated rings. The molecule has 2 aromatic carbocycles. The first kappa shape index (κ1) is 20.3. The molecular formula is C21H22F3N5O. The number of hydrogen-bond donors (Lipinski definition) is 0. The molecule has 0 bridgehead atoms. The predicted octanol–water partition coefficient (Wildman–Crippen LogP) is 4.42. The van der Waals surface area contributed by atoms with Gasteiger partial charge < -0.3 is 4.74 Å². The Labute approximate surface area is 172 Å². The van der Waals surface area contributed by atoms with Crippen molar-refractivity contribution in [1.29, 1.82) is 0 Å². The maximum Gasteiger partial charge on any atom is 0.453 e. The average Bonchev–Trinajstić information content (AvgIpc) is 3.25. The van der Waals surface area contributed by atoms with E-state index in [-0.39, 0.29) is 11.7 Å². The van der Waals surface area contributed by atoms with E-state index in [1.807, 2.05) is 18.2 Å². The molecule has 2 heterocycles. The van der Waals surface area contributed by atoms with Gasteiger partial charge >= 0.3 is 6.18 Å². The van der Waals surface area contributed by atoms with E-state index >= 15 is 0 Å². The molecule has 0 unspecified atom stereocenters. The van der Waals surface area contributed by atoms with Crippen molar-refractivity contribution in [2.24, 2.45) is 0 Å². The Bertz CT molecular complexity index is 990. The van der Waals surface area contributed by atoms with Crippen LogP contribution in [0.3, 0.4) is 0 Å². The summed E-state index contributed by atoms with van der Waals surface area (Å²) in [5, 5.41) is 9.88. The van der Waals surface area contributed by atoms with Crippen molar-refractivity contribution in [3.63, 3.8) is 0 Å². The molecule has 30 heavy (non-hydrogen) atoms. The molecule has 0 aliphatic carbocycles. The van der Waals surface area contributed by atoms with Crippen LogP contribution in [0, 0.1) is 0 Å². The van der Waals surface area contributed by atoms with Crippen molar-refractivity contribution in [2.75, 3.05) is 13.7 Å². The Morgan fingerprint density at radius 1 is 1.10 bits per heavy atom. The molecule has 1 aliphatic rings. The van der Waals surface area contributed by atoms with E-state index in [1.54, 1.807) is 19.2 Å². The number of hydrogen-bond acceptors (Lipinski definition) is 5. The summed E-state index contributed by atoms with van der Waals surface area (Å²) in [5.41, 5.74) is 2.28. The van der Waals surface area contributed by atoms with Crippen LogP contribution in [0.15, 0.2) is 48.5 Å². The normalized spacial score (nSPS) is 17.8. The van der Waals surface area contributed by atoms with Gasteiger partial charge in [0.05, 0.1) is 12.8 Å². The number of benzene rings is 2. The number of halogens is 3. The lowest BCUT2D eigenvalue weighted by atomic mass is 9.94. The van der Waals surface area contributed by atoms with Crippen molar-refractivity contribution in [3.8, 4) is 11.4 Å². The van der Waals surface area contributed by atoms with Gasteiger partial charge in [0.15, 0.2) is 0 Å². The number of tetrazole rings is 1. The third kappa shape index (κ3) is 4.16. The van der Waals surface area contributed by atoms with Crippen molar-refractivity contribution in [1.82, 2.24) is 25.1 Å². The number of rotatable bonds is 5. The fraction of sp³-hybridized carbons (Fsp3) is 0.381. The smallest absolute Gasteiger partial charge is 0.453 e. The minimum atomic E-state index is -4.64. The lowest BCUT2D eigenvalue weighted by molar-refractivity contribution is -0.146. The fourth-order valence-corrected chi connectivity index (χ4v) is 4.01. The molecule has 1 saturated heterocycles. The van der Waals surface area contributed by atoms with E-state index in [0.717, 1.165) is 31.4 Å². The van der Waals surface area contributed by atoms with Crippen LogP contribution in [0.5, 0.6) is 5.75 Å². The minimum Gasteiger partial charge on any atom is -0.496 e. The third-order valence-corrected chi connectivity index (χ3v) is 5.40. The van der Waals surface area contributed by atoms with E-state index in [0.29, 0.717) is 17.0 Å². The van der Waals surface area contributed by atoms with Crippen molar-refractivity contribution in [3.05, 3.63) is 65.5 Å². The van der Waals surface area contributed by atoms with Crippen LogP contribution >= 0.6 is 0 Å². The number of alkyl halides is 3. The number of nitrogens with zero attached hydrogens (tertiary/aromatic N) is 5. The quantitative estimate of drug-likeness (QED) is 0.615. The molecule has 3 aromatic rings. The van der Waals surface area contributed by atoms with Crippen LogP contribution in [-0.4, -0.2) is 38.8 Å². The fourth-order valence-electron chi connectivity index (χ4n) is 4.01. The van der Waals surface area contributed by atoms with Crippen LogP contribution in [0.4, 0.5) is 13.2 Å². The van der Waals surface area contributed by atoms with E-state index in [9.17, 15) is 13.2 Å². The molecule has 0 N–H and O–H groups in total. The number of piperidine rings is 1. The Morgan fingerprint density at radius 3 is 2.63 bits per heavy atom. The Hall–Kier alpha value is -2.94. The van der Waals surface area contributed by atoms with Gasteiger partial charge in [0.2, 0.25) is 0 Å². The van der Waals surface area contributed by atoms with Crippen molar-refractivity contribution in [2.45, 2.75) is 38.0 Å². The zero-order valence-corrected chi connectivity index (χ0v) is 16.5. The highest BCUT2D eigenvalue weighted by atomic mass is 19.4. The lowest BCUT2D eigenvalue weighted by Gasteiger charge is -2.36. The summed E-state index contributed by atoms with van der Waals surface area (Å²) in [5.74, 6) is -0.531. The highest BCUT2D eigenvalue weighted by Gasteiger charge is 2.38. The van der Waals surface area contributed by atoms with Gasteiger partial charge in [0, 0.05) is 18.2 Å². The molecular weight excluding hydrogens is 395 g/mol. The first-order valence-corrected chi connectivity index (χ1v) is 9.79. The van der Waals surface area contributed by atoms with E-state index in [2.05, 4.69) is 32.6 Å². The summed E-state index contributed by atoms with van der Waals surface area (Å²) in [7, 11) is 1.56. The van der Waals surface area contributed by atoms with Gasteiger partial charge in [-0.25, -0.2) is 0 Å². The van der Waals surface area contributed by atoms with Gasteiger partial charge in [0.1, 0.15) is 5.75 Å². The zero-order valence-electron chi connectivity index (χ0n) is 16.5. The molecule has 0 radical (unpaired) electrons. The van der Waals surface area contributed by atoms with E-state index in [1.165, 1.54) is 11.6 Å². The van der Waals surface area contributed by atoms with Crippen molar-refractivity contribution < 1.29 is 17.9 Å². The van der Waals surface area contributed by atoms with Gasteiger partial charge in [-0.1, -0.05) is 36.8 Å². The van der Waals surface area contributed by atoms with Crippen LogP contribution in [0.1, 0.15) is 42.3 Å². The first-order valence-electron chi connectivity index (χ1n) is 9.79. The average molecular weight is 417 g/mol. The Kier molecular flexibility index (Phi) is 5.72.